The van der Waals surface area contributed by atoms with Crippen molar-refractivity contribution in [1.29, 1.82) is 0 Å². The molecule has 7 nitrogen and oxygen atoms in total. The highest BCUT2D eigenvalue weighted by molar-refractivity contribution is 5.93. The van der Waals surface area contributed by atoms with E-state index < -0.39 is 4.92 Å². The topological polar surface area (TPSA) is 103 Å². The Morgan fingerprint density at radius 2 is 2.33 bits per heavy atom. The fourth-order valence-electron chi connectivity index (χ4n) is 1.73. The molecule has 0 saturated carbocycles. The first-order valence-corrected chi connectivity index (χ1v) is 5.81. The zero-order chi connectivity index (χ0) is 13.7. The minimum Gasteiger partial charge on any atom is -0.347 e. The molecule has 1 aromatic heterocycles. The van der Waals surface area contributed by atoms with Crippen LogP contribution in [0.25, 0.3) is 0 Å². The SMILES string of the molecule is CCCC(CN)NC(=O)c1cc([N+](=O)[O-])cn1C. The largest absolute Gasteiger partial charge is 0.347 e. The van der Waals surface area contributed by atoms with Gasteiger partial charge in [0.15, 0.2) is 0 Å². The number of aryl methyl sites for hydroxylation is 1. The number of hydrogen-bond donors (Lipinski definition) is 2. The van der Waals surface area contributed by atoms with Crippen LogP contribution in [0.3, 0.4) is 0 Å². The van der Waals surface area contributed by atoms with E-state index in [0.29, 0.717) is 6.54 Å². The molecular formula is C11H18N4O3. The number of nitrogens with one attached hydrogen (secondary N) is 1. The lowest BCUT2D eigenvalue weighted by molar-refractivity contribution is -0.384. The molecule has 0 radical (unpaired) electrons. The monoisotopic (exact) mass is 254 g/mol. The lowest BCUT2D eigenvalue weighted by atomic mass is 10.1. The van der Waals surface area contributed by atoms with Gasteiger partial charge in [-0.15, -0.1) is 0 Å². The molecule has 100 valence electrons. The first kappa shape index (κ1) is 14.2. The van der Waals surface area contributed by atoms with Gasteiger partial charge in [0.25, 0.3) is 11.6 Å². The molecule has 1 amide bonds. The molecule has 1 aromatic rings. The second kappa shape index (κ2) is 6.15. The molecular weight excluding hydrogens is 236 g/mol. The van der Waals surface area contributed by atoms with Gasteiger partial charge in [-0.25, -0.2) is 0 Å². The number of hydrogen-bond acceptors (Lipinski definition) is 4. The fraction of sp³-hybridized carbons (Fsp3) is 0.545. The van der Waals surface area contributed by atoms with Crippen molar-refractivity contribution in [1.82, 2.24) is 9.88 Å². The normalized spacial score (nSPS) is 12.2. The number of nitrogens with two attached hydrogens (primary N) is 1. The Morgan fingerprint density at radius 1 is 1.67 bits per heavy atom. The van der Waals surface area contributed by atoms with Crippen molar-refractivity contribution in [3.8, 4) is 0 Å². The van der Waals surface area contributed by atoms with Crippen LogP contribution >= 0.6 is 0 Å². The minimum absolute atomic E-state index is 0.0950. The van der Waals surface area contributed by atoms with E-state index in [4.69, 9.17) is 5.73 Å². The molecule has 0 aromatic carbocycles. The van der Waals surface area contributed by atoms with E-state index in [1.165, 1.54) is 16.8 Å². The molecule has 18 heavy (non-hydrogen) atoms. The van der Waals surface area contributed by atoms with E-state index in [1.807, 2.05) is 6.92 Å². The Labute approximate surface area is 105 Å². The zero-order valence-corrected chi connectivity index (χ0v) is 10.5. The molecule has 0 fully saturated rings. The van der Waals surface area contributed by atoms with E-state index in [-0.39, 0.29) is 23.3 Å². The molecule has 3 N–H and O–H groups in total. The molecule has 1 heterocycles. The molecule has 0 saturated heterocycles. The van der Waals surface area contributed by atoms with Gasteiger partial charge < -0.3 is 15.6 Å². The van der Waals surface area contributed by atoms with Crippen LogP contribution < -0.4 is 11.1 Å². The first-order chi connectivity index (χ1) is 8.49. The van der Waals surface area contributed by atoms with Gasteiger partial charge in [-0.05, 0) is 6.42 Å². The highest BCUT2D eigenvalue weighted by Crippen LogP contribution is 2.15. The maximum atomic E-state index is 11.9. The van der Waals surface area contributed by atoms with Crippen LogP contribution in [-0.2, 0) is 7.05 Å². The number of carbonyl (C=O) groups excluding carboxylic acids is 1. The van der Waals surface area contributed by atoms with Crippen molar-refractivity contribution in [2.45, 2.75) is 25.8 Å². The van der Waals surface area contributed by atoms with Gasteiger partial charge in [0.2, 0.25) is 0 Å². The summed E-state index contributed by atoms with van der Waals surface area (Å²) in [5.74, 6) is -0.338. The highest BCUT2D eigenvalue weighted by Gasteiger charge is 2.19. The van der Waals surface area contributed by atoms with Crippen LogP contribution in [0.15, 0.2) is 12.3 Å². The summed E-state index contributed by atoms with van der Waals surface area (Å²) in [6.45, 7) is 2.36. The molecule has 1 rings (SSSR count). The van der Waals surface area contributed by atoms with Crippen molar-refractivity contribution < 1.29 is 9.72 Å². The van der Waals surface area contributed by atoms with Crippen LogP contribution in [0.4, 0.5) is 5.69 Å². The van der Waals surface area contributed by atoms with Crippen molar-refractivity contribution in [3.05, 3.63) is 28.1 Å². The summed E-state index contributed by atoms with van der Waals surface area (Å²) >= 11 is 0. The number of rotatable bonds is 6. The van der Waals surface area contributed by atoms with Crippen LogP contribution in [0.2, 0.25) is 0 Å². The molecule has 0 aliphatic rings. The molecule has 1 unspecified atom stereocenters. The quantitative estimate of drug-likeness (QED) is 0.578. The Hall–Kier alpha value is -1.89. The van der Waals surface area contributed by atoms with Crippen LogP contribution in [-0.4, -0.2) is 28.0 Å². The smallest absolute Gasteiger partial charge is 0.287 e. The first-order valence-electron chi connectivity index (χ1n) is 5.81. The second-order valence-electron chi connectivity index (χ2n) is 4.15. The number of aromatic nitrogens is 1. The van der Waals surface area contributed by atoms with Gasteiger partial charge in [0.05, 0.1) is 11.1 Å². The summed E-state index contributed by atoms with van der Waals surface area (Å²) in [5, 5.41) is 13.4. The number of amides is 1. The Bertz CT molecular complexity index is 441. The summed E-state index contributed by atoms with van der Waals surface area (Å²) in [6.07, 6.45) is 3.01. The van der Waals surface area contributed by atoms with Crippen LogP contribution in [0, 0.1) is 10.1 Å². The van der Waals surface area contributed by atoms with Gasteiger partial charge in [-0.1, -0.05) is 13.3 Å². The van der Waals surface area contributed by atoms with Gasteiger partial charge in [-0.2, -0.15) is 0 Å². The lowest BCUT2D eigenvalue weighted by Crippen LogP contribution is -2.40. The Morgan fingerprint density at radius 3 is 2.78 bits per heavy atom. The van der Waals surface area contributed by atoms with E-state index in [2.05, 4.69) is 5.32 Å². The lowest BCUT2D eigenvalue weighted by Gasteiger charge is -2.15. The summed E-state index contributed by atoms with van der Waals surface area (Å²) in [6, 6.07) is 1.16. The molecule has 7 heteroatoms. The standard InChI is InChI=1S/C11H18N4O3/c1-3-4-8(6-12)13-11(16)10-5-9(15(17)18)7-14(10)2/h5,7-8H,3-4,6,12H2,1-2H3,(H,13,16). The number of nitrogens with zero attached hydrogens (tertiary/aromatic N) is 2. The fourth-order valence-corrected chi connectivity index (χ4v) is 1.73. The van der Waals surface area contributed by atoms with Crippen LogP contribution in [0.5, 0.6) is 0 Å². The van der Waals surface area contributed by atoms with Crippen LogP contribution in [0.1, 0.15) is 30.3 Å². The van der Waals surface area contributed by atoms with E-state index >= 15 is 0 Å². The third-order valence-electron chi connectivity index (χ3n) is 2.69. The van der Waals surface area contributed by atoms with E-state index in [9.17, 15) is 14.9 Å². The average molecular weight is 254 g/mol. The predicted molar refractivity (Wildman–Crippen MR) is 67.3 cm³/mol. The third-order valence-corrected chi connectivity index (χ3v) is 2.69. The zero-order valence-electron chi connectivity index (χ0n) is 10.5. The summed E-state index contributed by atoms with van der Waals surface area (Å²) in [4.78, 5) is 22.0. The molecule has 0 aliphatic carbocycles. The Balaban J connectivity index is 2.80. The molecule has 0 aliphatic heterocycles. The van der Waals surface area contributed by atoms with Gasteiger partial charge in [0, 0.05) is 25.7 Å². The molecule has 1 atom stereocenters. The average Bonchev–Trinajstić information content (AvgIpc) is 2.71. The van der Waals surface area contributed by atoms with Crippen molar-refractivity contribution >= 4 is 11.6 Å². The van der Waals surface area contributed by atoms with Crippen molar-refractivity contribution in [2.75, 3.05) is 6.54 Å². The summed E-state index contributed by atoms with van der Waals surface area (Å²) < 4.78 is 1.44. The highest BCUT2D eigenvalue weighted by atomic mass is 16.6. The van der Waals surface area contributed by atoms with E-state index in [0.717, 1.165) is 12.8 Å². The molecule has 0 bridgehead atoms. The number of nitro groups is 1. The third kappa shape index (κ3) is 3.30. The minimum atomic E-state index is -0.525. The van der Waals surface area contributed by atoms with Gasteiger partial charge in [-0.3, -0.25) is 14.9 Å². The maximum Gasteiger partial charge on any atom is 0.287 e. The van der Waals surface area contributed by atoms with E-state index in [1.54, 1.807) is 7.05 Å². The predicted octanol–water partition coefficient (Wildman–Crippen LogP) is 0.790. The second-order valence-corrected chi connectivity index (χ2v) is 4.15. The number of carbonyl (C=O) groups is 1. The van der Waals surface area contributed by atoms with Gasteiger partial charge in [0.1, 0.15) is 5.69 Å². The summed E-state index contributed by atoms with van der Waals surface area (Å²) in [7, 11) is 1.60. The van der Waals surface area contributed by atoms with Crippen molar-refractivity contribution in [2.24, 2.45) is 12.8 Å². The Kier molecular flexibility index (Phi) is 4.85. The molecule has 0 spiro atoms. The maximum absolute atomic E-state index is 11.9. The van der Waals surface area contributed by atoms with Gasteiger partial charge >= 0.3 is 0 Å². The summed E-state index contributed by atoms with van der Waals surface area (Å²) in [5.41, 5.74) is 5.71. The van der Waals surface area contributed by atoms with Crippen molar-refractivity contribution in [3.63, 3.8) is 0 Å².